The van der Waals surface area contributed by atoms with Gasteiger partial charge in [-0.2, -0.15) is 11.8 Å². The second-order valence-corrected chi connectivity index (χ2v) is 8.07. The summed E-state index contributed by atoms with van der Waals surface area (Å²) in [5.41, 5.74) is 1.50. The fraction of sp³-hybridized carbons (Fsp3) is 0.667. The molecule has 0 bridgehead atoms. The summed E-state index contributed by atoms with van der Waals surface area (Å²) in [6, 6.07) is 5.29. The summed E-state index contributed by atoms with van der Waals surface area (Å²) in [5, 5.41) is 9.98. The fourth-order valence-electron chi connectivity index (χ4n) is 2.98. The van der Waals surface area contributed by atoms with Crippen LogP contribution in [0.4, 0.5) is 0 Å². The van der Waals surface area contributed by atoms with Gasteiger partial charge >= 0.3 is 0 Å². The Morgan fingerprint density at radius 2 is 1.67 bits per heavy atom. The molecule has 0 heterocycles. The standard InChI is InChI=1S/C21H34O2S/c1-4-6-7-8-9-10-11-12-13-20(24-5-2)21(23)18-16-17(3)14-15-19(18)22/h14-16,20,22H,4-13H2,1-3H3/t20-/m0/s1. The van der Waals surface area contributed by atoms with Crippen molar-refractivity contribution in [1.82, 2.24) is 0 Å². The normalized spacial score (nSPS) is 12.3. The Bertz CT molecular complexity index is 485. The molecule has 1 aromatic rings. The zero-order valence-corrected chi connectivity index (χ0v) is 16.5. The number of unbranched alkanes of at least 4 members (excludes halogenated alkanes) is 7. The molecule has 0 radical (unpaired) electrons. The van der Waals surface area contributed by atoms with Gasteiger partial charge in [0.1, 0.15) is 5.75 Å². The highest BCUT2D eigenvalue weighted by atomic mass is 32.2. The van der Waals surface area contributed by atoms with Crippen molar-refractivity contribution in [2.75, 3.05) is 5.75 Å². The molecule has 0 saturated heterocycles. The lowest BCUT2D eigenvalue weighted by Crippen LogP contribution is -2.18. The van der Waals surface area contributed by atoms with Crippen molar-refractivity contribution in [2.45, 2.75) is 83.8 Å². The Morgan fingerprint density at radius 1 is 1.04 bits per heavy atom. The topological polar surface area (TPSA) is 37.3 Å². The molecule has 0 fully saturated rings. The summed E-state index contributed by atoms with van der Waals surface area (Å²) < 4.78 is 0. The van der Waals surface area contributed by atoms with Gasteiger partial charge in [-0.15, -0.1) is 0 Å². The van der Waals surface area contributed by atoms with E-state index in [-0.39, 0.29) is 16.8 Å². The van der Waals surface area contributed by atoms with Crippen molar-refractivity contribution >= 4 is 17.5 Å². The van der Waals surface area contributed by atoms with Crippen LogP contribution in [-0.4, -0.2) is 21.9 Å². The number of phenols is 1. The number of benzene rings is 1. The van der Waals surface area contributed by atoms with Crippen molar-refractivity contribution in [2.24, 2.45) is 0 Å². The van der Waals surface area contributed by atoms with Crippen LogP contribution in [0.15, 0.2) is 18.2 Å². The third-order valence-corrected chi connectivity index (χ3v) is 5.58. The number of aromatic hydroxyl groups is 1. The highest BCUT2D eigenvalue weighted by Crippen LogP contribution is 2.27. The lowest BCUT2D eigenvalue weighted by Gasteiger charge is -2.16. The van der Waals surface area contributed by atoms with Crippen molar-refractivity contribution in [3.05, 3.63) is 29.3 Å². The number of ketones is 1. The van der Waals surface area contributed by atoms with Gasteiger partial charge in [-0.1, -0.05) is 76.8 Å². The molecule has 0 saturated carbocycles. The second kappa shape index (κ2) is 12.4. The van der Waals surface area contributed by atoms with E-state index < -0.39 is 0 Å². The van der Waals surface area contributed by atoms with E-state index in [4.69, 9.17) is 0 Å². The van der Waals surface area contributed by atoms with Gasteiger partial charge in [0.05, 0.1) is 10.8 Å². The van der Waals surface area contributed by atoms with Crippen LogP contribution in [0, 0.1) is 6.92 Å². The first-order chi connectivity index (χ1) is 11.6. The van der Waals surface area contributed by atoms with Crippen LogP contribution in [0.25, 0.3) is 0 Å². The number of phenolic OH excluding ortho intramolecular Hbond substituents is 1. The lowest BCUT2D eigenvalue weighted by molar-refractivity contribution is 0.0983. The first-order valence-corrected chi connectivity index (χ1v) is 10.6. The van der Waals surface area contributed by atoms with Gasteiger partial charge in [0.2, 0.25) is 0 Å². The number of rotatable bonds is 13. The zero-order chi connectivity index (χ0) is 17.8. The van der Waals surface area contributed by atoms with Crippen molar-refractivity contribution in [1.29, 1.82) is 0 Å². The van der Waals surface area contributed by atoms with E-state index in [9.17, 15) is 9.90 Å². The number of Topliss-reactive ketones (excluding diaryl/α,β-unsaturated/α-hetero) is 1. The smallest absolute Gasteiger partial charge is 0.179 e. The Balaban J connectivity index is 2.43. The quantitative estimate of drug-likeness (QED) is 0.324. The number of hydrogen-bond acceptors (Lipinski definition) is 3. The van der Waals surface area contributed by atoms with Gasteiger partial charge in [-0.05, 0) is 31.2 Å². The van der Waals surface area contributed by atoms with Crippen molar-refractivity contribution < 1.29 is 9.90 Å². The SMILES string of the molecule is CCCCCCCCCC[C@H](SCC)C(=O)c1cc(C)ccc1O. The molecule has 0 amide bonds. The van der Waals surface area contributed by atoms with Gasteiger partial charge in [0.15, 0.2) is 5.78 Å². The van der Waals surface area contributed by atoms with E-state index in [0.717, 1.165) is 24.2 Å². The molecule has 3 heteroatoms. The van der Waals surface area contributed by atoms with Crippen LogP contribution in [0.2, 0.25) is 0 Å². The molecule has 0 aliphatic carbocycles. The molecule has 0 aliphatic rings. The fourth-order valence-corrected chi connectivity index (χ4v) is 3.99. The summed E-state index contributed by atoms with van der Waals surface area (Å²) in [5.74, 6) is 1.13. The maximum absolute atomic E-state index is 12.8. The molecule has 136 valence electrons. The zero-order valence-electron chi connectivity index (χ0n) is 15.6. The monoisotopic (exact) mass is 350 g/mol. The molecule has 1 N–H and O–H groups in total. The highest BCUT2D eigenvalue weighted by molar-refractivity contribution is 8.00. The predicted molar refractivity (Wildman–Crippen MR) is 106 cm³/mol. The van der Waals surface area contributed by atoms with E-state index in [0.29, 0.717) is 5.56 Å². The first-order valence-electron chi connectivity index (χ1n) is 9.55. The van der Waals surface area contributed by atoms with E-state index in [1.165, 1.54) is 44.9 Å². The van der Waals surface area contributed by atoms with Crippen LogP contribution >= 0.6 is 11.8 Å². The largest absolute Gasteiger partial charge is 0.507 e. The highest BCUT2D eigenvalue weighted by Gasteiger charge is 2.22. The number of carbonyl (C=O) groups excluding carboxylic acids is 1. The Hall–Kier alpha value is -0.960. The minimum absolute atomic E-state index is 0.0252. The van der Waals surface area contributed by atoms with Crippen LogP contribution in [0.3, 0.4) is 0 Å². The molecule has 0 unspecified atom stereocenters. The number of thioether (sulfide) groups is 1. The summed E-state index contributed by atoms with van der Waals surface area (Å²) >= 11 is 1.71. The average Bonchev–Trinajstić information content (AvgIpc) is 2.57. The summed E-state index contributed by atoms with van der Waals surface area (Å²) in [4.78, 5) is 12.8. The lowest BCUT2D eigenvalue weighted by atomic mass is 10.0. The third-order valence-electron chi connectivity index (χ3n) is 4.40. The summed E-state index contributed by atoms with van der Waals surface area (Å²) in [6.07, 6.45) is 11.2. The van der Waals surface area contributed by atoms with E-state index in [2.05, 4.69) is 13.8 Å². The molecule has 0 aliphatic heterocycles. The van der Waals surface area contributed by atoms with E-state index >= 15 is 0 Å². The molecule has 0 spiro atoms. The first kappa shape index (κ1) is 21.1. The van der Waals surface area contributed by atoms with E-state index in [1.54, 1.807) is 17.8 Å². The number of hydrogen-bond donors (Lipinski definition) is 1. The minimum atomic E-state index is -0.0252. The van der Waals surface area contributed by atoms with Gasteiger partial charge in [-0.25, -0.2) is 0 Å². The van der Waals surface area contributed by atoms with Crippen molar-refractivity contribution in [3.8, 4) is 5.75 Å². The molecule has 0 aromatic heterocycles. The van der Waals surface area contributed by atoms with E-state index in [1.807, 2.05) is 19.1 Å². The second-order valence-electron chi connectivity index (χ2n) is 6.59. The Morgan fingerprint density at radius 3 is 2.29 bits per heavy atom. The molecule has 2 nitrogen and oxygen atoms in total. The van der Waals surface area contributed by atoms with Crippen molar-refractivity contribution in [3.63, 3.8) is 0 Å². The average molecular weight is 351 g/mol. The van der Waals surface area contributed by atoms with Gasteiger partial charge < -0.3 is 5.11 Å². The van der Waals surface area contributed by atoms with Gasteiger partial charge in [0.25, 0.3) is 0 Å². The summed E-state index contributed by atoms with van der Waals surface area (Å²) in [7, 11) is 0. The maximum Gasteiger partial charge on any atom is 0.179 e. The molecule has 1 aromatic carbocycles. The predicted octanol–water partition coefficient (Wildman–Crippen LogP) is 6.54. The maximum atomic E-state index is 12.8. The molecular formula is C21H34O2S. The number of carbonyl (C=O) groups is 1. The Labute approximate surface area is 152 Å². The molecular weight excluding hydrogens is 316 g/mol. The molecule has 1 atom stereocenters. The van der Waals surface area contributed by atoms with Crippen LogP contribution in [-0.2, 0) is 0 Å². The van der Waals surface area contributed by atoms with Crippen LogP contribution in [0.1, 0.15) is 87.6 Å². The summed E-state index contributed by atoms with van der Waals surface area (Å²) in [6.45, 7) is 6.29. The molecule has 24 heavy (non-hydrogen) atoms. The minimum Gasteiger partial charge on any atom is -0.507 e. The molecule has 1 rings (SSSR count). The van der Waals surface area contributed by atoms with Crippen LogP contribution in [0.5, 0.6) is 5.75 Å². The van der Waals surface area contributed by atoms with Gasteiger partial charge in [-0.3, -0.25) is 4.79 Å². The third kappa shape index (κ3) is 7.74. The Kier molecular flexibility index (Phi) is 10.9. The van der Waals surface area contributed by atoms with Crippen LogP contribution < -0.4 is 0 Å². The number of aryl methyl sites for hydroxylation is 1. The van der Waals surface area contributed by atoms with Gasteiger partial charge in [0, 0.05) is 0 Å².